The number of benzene rings is 1. The molecule has 1 saturated carbocycles. The minimum absolute atomic E-state index is 0.0771. The highest BCUT2D eigenvalue weighted by Gasteiger charge is 2.25. The molecule has 0 unspecified atom stereocenters. The second-order valence-electron chi connectivity index (χ2n) is 4.99. The number of hydrogen-bond donors (Lipinski definition) is 1. The first-order chi connectivity index (χ1) is 9.70. The van der Waals surface area contributed by atoms with Gasteiger partial charge >= 0.3 is 0 Å². The van der Waals surface area contributed by atoms with E-state index in [0.717, 1.165) is 23.6 Å². The van der Waals surface area contributed by atoms with Gasteiger partial charge in [-0.05, 0) is 48.4 Å². The van der Waals surface area contributed by atoms with Crippen molar-refractivity contribution in [2.24, 2.45) is 4.99 Å². The average molecular weight is 307 g/mol. The number of carbonyl (C=O) groups excluding carboxylic acids is 1. The van der Waals surface area contributed by atoms with Crippen LogP contribution in [0.3, 0.4) is 0 Å². The molecule has 2 fully saturated rings. The molecule has 5 heteroatoms. The van der Waals surface area contributed by atoms with Crippen LogP contribution in [0, 0.1) is 0 Å². The highest BCUT2D eigenvalue weighted by Crippen LogP contribution is 2.29. The summed E-state index contributed by atoms with van der Waals surface area (Å²) < 4.78 is 0. The molecule has 1 saturated heterocycles. The molecule has 1 heterocycles. The molecule has 0 aromatic heterocycles. The Labute approximate surface area is 127 Å². The van der Waals surface area contributed by atoms with Crippen molar-refractivity contribution < 1.29 is 4.79 Å². The Morgan fingerprint density at radius 2 is 2.15 bits per heavy atom. The predicted octanol–water partition coefficient (Wildman–Crippen LogP) is 3.84. The number of aliphatic imine (C=N–C) groups is 1. The summed E-state index contributed by atoms with van der Waals surface area (Å²) in [6, 6.07) is 7.84. The zero-order valence-corrected chi connectivity index (χ0v) is 12.5. The maximum atomic E-state index is 11.9. The summed E-state index contributed by atoms with van der Waals surface area (Å²) in [6.45, 7) is 0. The van der Waals surface area contributed by atoms with Gasteiger partial charge in [0.2, 0.25) is 0 Å². The Morgan fingerprint density at radius 1 is 1.35 bits per heavy atom. The van der Waals surface area contributed by atoms with E-state index in [0.29, 0.717) is 16.0 Å². The first kappa shape index (κ1) is 13.7. The average Bonchev–Trinajstić information content (AvgIpc) is 3.01. The van der Waals surface area contributed by atoms with Crippen molar-refractivity contribution in [2.45, 2.75) is 31.7 Å². The van der Waals surface area contributed by atoms with Crippen molar-refractivity contribution in [1.82, 2.24) is 5.32 Å². The maximum absolute atomic E-state index is 11.9. The lowest BCUT2D eigenvalue weighted by Crippen LogP contribution is -2.21. The van der Waals surface area contributed by atoms with Gasteiger partial charge in [-0.1, -0.05) is 36.6 Å². The third kappa shape index (κ3) is 3.25. The van der Waals surface area contributed by atoms with Gasteiger partial charge in [0, 0.05) is 5.02 Å². The highest BCUT2D eigenvalue weighted by atomic mass is 35.5. The number of rotatable bonds is 2. The second kappa shape index (κ2) is 6.02. The van der Waals surface area contributed by atoms with Gasteiger partial charge < -0.3 is 5.32 Å². The van der Waals surface area contributed by atoms with E-state index in [1.54, 1.807) is 0 Å². The van der Waals surface area contributed by atoms with Crippen LogP contribution in [0.5, 0.6) is 0 Å². The molecule has 0 radical (unpaired) electrons. The Kier molecular flexibility index (Phi) is 4.13. The first-order valence-corrected chi connectivity index (χ1v) is 7.94. The lowest BCUT2D eigenvalue weighted by Gasteiger charge is -2.02. The van der Waals surface area contributed by atoms with E-state index in [2.05, 4.69) is 10.3 Å². The Balaban J connectivity index is 1.76. The van der Waals surface area contributed by atoms with Crippen molar-refractivity contribution in [3.05, 3.63) is 39.8 Å². The van der Waals surface area contributed by atoms with Crippen LogP contribution < -0.4 is 5.32 Å². The van der Waals surface area contributed by atoms with Gasteiger partial charge in [-0.25, -0.2) is 0 Å². The molecule has 0 bridgehead atoms. The van der Waals surface area contributed by atoms with Crippen LogP contribution in [-0.2, 0) is 4.79 Å². The van der Waals surface area contributed by atoms with E-state index in [1.165, 1.54) is 24.6 Å². The van der Waals surface area contributed by atoms with Crippen LogP contribution in [0.4, 0.5) is 0 Å². The molecule has 1 aromatic carbocycles. The molecule has 1 aliphatic carbocycles. The number of nitrogens with zero attached hydrogens (tertiary/aromatic N) is 1. The summed E-state index contributed by atoms with van der Waals surface area (Å²) in [4.78, 5) is 17.2. The first-order valence-electron chi connectivity index (χ1n) is 6.75. The Hall–Kier alpha value is -1.26. The number of hydrogen-bond acceptors (Lipinski definition) is 3. The molecule has 1 aromatic rings. The van der Waals surface area contributed by atoms with Crippen LogP contribution in [-0.4, -0.2) is 17.1 Å². The maximum Gasteiger partial charge on any atom is 0.264 e. The lowest BCUT2D eigenvalue weighted by atomic mass is 10.2. The largest absolute Gasteiger partial charge is 0.301 e. The number of amidine groups is 1. The van der Waals surface area contributed by atoms with E-state index in [-0.39, 0.29) is 5.91 Å². The Morgan fingerprint density at radius 3 is 2.90 bits per heavy atom. The number of carbonyl (C=O) groups is 1. The molecule has 0 spiro atoms. The van der Waals surface area contributed by atoms with Crippen LogP contribution in [0.1, 0.15) is 31.2 Å². The molecule has 20 heavy (non-hydrogen) atoms. The summed E-state index contributed by atoms with van der Waals surface area (Å²) in [7, 11) is 0. The van der Waals surface area contributed by atoms with Crippen LogP contribution in [0.2, 0.25) is 5.02 Å². The summed E-state index contributed by atoms with van der Waals surface area (Å²) in [5, 5.41) is 4.24. The number of amides is 1. The van der Waals surface area contributed by atoms with Gasteiger partial charge in [-0.15, -0.1) is 0 Å². The molecular formula is C15H15ClN2OS. The van der Waals surface area contributed by atoms with Gasteiger partial charge in [0.25, 0.3) is 5.91 Å². The minimum Gasteiger partial charge on any atom is -0.301 e. The molecule has 3 rings (SSSR count). The van der Waals surface area contributed by atoms with Crippen molar-refractivity contribution in [1.29, 1.82) is 0 Å². The topological polar surface area (TPSA) is 41.5 Å². The van der Waals surface area contributed by atoms with Crippen molar-refractivity contribution >= 4 is 40.5 Å². The quantitative estimate of drug-likeness (QED) is 0.843. The standard InChI is InChI=1S/C15H15ClN2OS/c16-11-5-3-4-10(8-11)9-13-14(19)18-15(20-13)17-12-6-1-2-7-12/h3-5,8-9,12H,1-2,6-7H2,(H,17,18,19)/b13-9+. The molecule has 104 valence electrons. The second-order valence-corrected chi connectivity index (χ2v) is 6.46. The summed E-state index contributed by atoms with van der Waals surface area (Å²) in [5.74, 6) is -0.0771. The van der Waals surface area contributed by atoms with E-state index in [9.17, 15) is 4.79 Å². The van der Waals surface area contributed by atoms with Crippen LogP contribution in [0.25, 0.3) is 6.08 Å². The van der Waals surface area contributed by atoms with E-state index in [4.69, 9.17) is 11.6 Å². The smallest absolute Gasteiger partial charge is 0.264 e. The van der Waals surface area contributed by atoms with Crippen molar-refractivity contribution in [3.8, 4) is 0 Å². The van der Waals surface area contributed by atoms with Gasteiger partial charge in [0.05, 0.1) is 10.9 Å². The molecule has 1 N–H and O–H groups in total. The molecule has 0 atom stereocenters. The Bertz CT molecular complexity index is 591. The fourth-order valence-corrected chi connectivity index (χ4v) is 3.53. The third-order valence-electron chi connectivity index (χ3n) is 3.42. The lowest BCUT2D eigenvalue weighted by molar-refractivity contribution is -0.115. The van der Waals surface area contributed by atoms with Gasteiger partial charge in [0.1, 0.15) is 0 Å². The fraction of sp³-hybridized carbons (Fsp3) is 0.333. The molecule has 1 amide bonds. The number of halogens is 1. The molecule has 1 aliphatic heterocycles. The van der Waals surface area contributed by atoms with Gasteiger partial charge in [0.15, 0.2) is 5.17 Å². The van der Waals surface area contributed by atoms with Gasteiger partial charge in [-0.2, -0.15) is 0 Å². The SMILES string of the molecule is O=C1NC(=NC2CCCC2)S/C1=C/c1cccc(Cl)c1. The summed E-state index contributed by atoms with van der Waals surface area (Å²) in [5.41, 5.74) is 0.928. The van der Waals surface area contributed by atoms with Gasteiger partial charge in [-0.3, -0.25) is 9.79 Å². The molecule has 3 nitrogen and oxygen atoms in total. The molecular weight excluding hydrogens is 292 g/mol. The van der Waals surface area contributed by atoms with E-state index >= 15 is 0 Å². The van der Waals surface area contributed by atoms with Crippen molar-refractivity contribution in [3.63, 3.8) is 0 Å². The van der Waals surface area contributed by atoms with E-state index in [1.807, 2.05) is 30.3 Å². The highest BCUT2D eigenvalue weighted by molar-refractivity contribution is 8.18. The van der Waals surface area contributed by atoms with Crippen LogP contribution >= 0.6 is 23.4 Å². The zero-order valence-electron chi connectivity index (χ0n) is 10.9. The number of nitrogens with one attached hydrogen (secondary N) is 1. The van der Waals surface area contributed by atoms with Crippen LogP contribution in [0.15, 0.2) is 34.2 Å². The summed E-state index contributed by atoms with van der Waals surface area (Å²) >= 11 is 7.36. The predicted molar refractivity (Wildman–Crippen MR) is 84.9 cm³/mol. The molecule has 2 aliphatic rings. The fourth-order valence-electron chi connectivity index (χ4n) is 2.44. The zero-order chi connectivity index (χ0) is 13.9. The van der Waals surface area contributed by atoms with Crippen molar-refractivity contribution in [2.75, 3.05) is 0 Å². The summed E-state index contributed by atoms with van der Waals surface area (Å²) in [6.07, 6.45) is 6.60. The minimum atomic E-state index is -0.0771. The normalized spacial score (nSPS) is 23.8. The van der Waals surface area contributed by atoms with E-state index < -0.39 is 0 Å². The monoisotopic (exact) mass is 306 g/mol. The third-order valence-corrected chi connectivity index (χ3v) is 4.58. The number of thioether (sulfide) groups is 1.